The van der Waals surface area contributed by atoms with Gasteiger partial charge in [-0.05, 0) is 31.4 Å². The van der Waals surface area contributed by atoms with Crippen LogP contribution in [0.4, 0.5) is 0 Å². The molecule has 186 valence electrons. The van der Waals surface area contributed by atoms with Crippen molar-refractivity contribution in [1.29, 1.82) is 0 Å². The number of hydrogen-bond acceptors (Lipinski definition) is 8. The molecule has 0 spiro atoms. The number of ether oxygens (including phenoxy) is 1. The first kappa shape index (κ1) is 26.0. The molecule has 1 aliphatic rings. The average molecular weight is 475 g/mol. The number of cyclic esters (lactones) is 1. The maximum absolute atomic E-state index is 13.0. The lowest BCUT2D eigenvalue weighted by molar-refractivity contribution is -0.407. The summed E-state index contributed by atoms with van der Waals surface area (Å²) in [6.07, 6.45) is 5.23. The molecule has 34 heavy (non-hydrogen) atoms. The van der Waals surface area contributed by atoms with E-state index in [1.54, 1.807) is 24.3 Å². The maximum Gasteiger partial charge on any atom is 0.341 e. The number of esters is 1. The first-order chi connectivity index (χ1) is 16.7. The first-order valence-electron chi connectivity index (χ1n) is 12.0. The Morgan fingerprint density at radius 1 is 0.765 bits per heavy atom. The number of carbonyl (C=O) groups excluding carboxylic acids is 1. The SMILES string of the molecule is CCCCOOc1ccc2c(c1OOCCCC)C(OOCCCC)(c1ccccc1)OC2=O. The highest BCUT2D eigenvalue weighted by atomic mass is 17.2. The van der Waals surface area contributed by atoms with Crippen LogP contribution in [0.25, 0.3) is 0 Å². The quantitative estimate of drug-likeness (QED) is 0.126. The fourth-order valence-corrected chi connectivity index (χ4v) is 3.35. The molecule has 0 N–H and O–H groups in total. The summed E-state index contributed by atoms with van der Waals surface area (Å²) < 4.78 is 5.83. The molecule has 2 aromatic carbocycles. The lowest BCUT2D eigenvalue weighted by atomic mass is 9.94. The van der Waals surface area contributed by atoms with Gasteiger partial charge in [0, 0.05) is 5.56 Å². The largest absolute Gasteiger partial charge is 0.418 e. The fourth-order valence-electron chi connectivity index (χ4n) is 3.35. The second-order valence-corrected chi connectivity index (χ2v) is 7.96. The van der Waals surface area contributed by atoms with Crippen LogP contribution in [0.5, 0.6) is 11.5 Å². The Kier molecular flexibility index (Phi) is 10.2. The van der Waals surface area contributed by atoms with Gasteiger partial charge in [-0.3, -0.25) is 0 Å². The minimum Gasteiger partial charge on any atom is -0.418 e. The number of fused-ring (bicyclic) bond motifs is 1. The third kappa shape index (κ3) is 6.07. The number of hydrogen-bond donors (Lipinski definition) is 0. The summed E-state index contributed by atoms with van der Waals surface area (Å²) in [5.74, 6) is -1.90. The zero-order valence-electron chi connectivity index (χ0n) is 20.2. The number of carbonyl (C=O) groups is 1. The summed E-state index contributed by atoms with van der Waals surface area (Å²) in [6.45, 7) is 7.24. The van der Waals surface area contributed by atoms with Crippen LogP contribution >= 0.6 is 0 Å². The van der Waals surface area contributed by atoms with Crippen LogP contribution in [0.3, 0.4) is 0 Å². The lowest BCUT2D eigenvalue weighted by Gasteiger charge is -2.28. The summed E-state index contributed by atoms with van der Waals surface area (Å²) in [7, 11) is 0. The smallest absolute Gasteiger partial charge is 0.341 e. The standard InChI is InChI=1S/C26H34O8/c1-4-7-17-28-32-22-16-15-21-23(24(22)33-29-18-8-5-2)26(31-25(21)27,34-30-19-9-6-3)20-13-11-10-12-14-20/h10-16H,4-9,17-19H2,1-3H3. The van der Waals surface area contributed by atoms with Crippen molar-refractivity contribution in [2.75, 3.05) is 19.8 Å². The van der Waals surface area contributed by atoms with Gasteiger partial charge in [0.2, 0.25) is 11.5 Å². The van der Waals surface area contributed by atoms with Crippen LogP contribution < -0.4 is 9.78 Å². The molecule has 0 amide bonds. The van der Waals surface area contributed by atoms with E-state index in [0.717, 1.165) is 38.5 Å². The summed E-state index contributed by atoms with van der Waals surface area (Å²) >= 11 is 0. The molecule has 1 heterocycles. The number of unbranched alkanes of at least 4 members (excludes halogenated alkanes) is 3. The Bertz CT molecular complexity index is 901. The molecule has 0 bridgehead atoms. The highest BCUT2D eigenvalue weighted by Crippen LogP contribution is 2.51. The molecule has 0 fully saturated rings. The highest BCUT2D eigenvalue weighted by molar-refractivity contribution is 5.96. The van der Waals surface area contributed by atoms with Crippen molar-refractivity contribution in [3.8, 4) is 11.5 Å². The molecular formula is C26H34O8. The van der Waals surface area contributed by atoms with Gasteiger partial charge in [-0.1, -0.05) is 70.4 Å². The third-order valence-corrected chi connectivity index (χ3v) is 5.27. The van der Waals surface area contributed by atoms with Crippen LogP contribution in [0.1, 0.15) is 80.8 Å². The Morgan fingerprint density at radius 3 is 2.03 bits per heavy atom. The minimum atomic E-state index is -1.70. The molecule has 2 aromatic rings. The molecule has 0 aromatic heterocycles. The van der Waals surface area contributed by atoms with Gasteiger partial charge < -0.3 is 14.5 Å². The molecule has 8 nitrogen and oxygen atoms in total. The molecular weight excluding hydrogens is 440 g/mol. The van der Waals surface area contributed by atoms with Gasteiger partial charge in [-0.25, -0.2) is 9.68 Å². The molecule has 1 unspecified atom stereocenters. The van der Waals surface area contributed by atoms with E-state index in [1.807, 2.05) is 32.0 Å². The van der Waals surface area contributed by atoms with Gasteiger partial charge in [0.25, 0.3) is 0 Å². The fraction of sp³-hybridized carbons (Fsp3) is 0.500. The van der Waals surface area contributed by atoms with E-state index in [4.69, 9.17) is 34.1 Å². The second-order valence-electron chi connectivity index (χ2n) is 7.96. The van der Waals surface area contributed by atoms with Crippen LogP contribution in [0, 0.1) is 0 Å². The highest BCUT2D eigenvalue weighted by Gasteiger charge is 2.53. The first-order valence-corrected chi connectivity index (χ1v) is 12.0. The van der Waals surface area contributed by atoms with E-state index < -0.39 is 11.8 Å². The van der Waals surface area contributed by atoms with Gasteiger partial charge in [0.05, 0.1) is 30.9 Å². The molecule has 0 radical (unpaired) electrons. The van der Waals surface area contributed by atoms with Crippen LogP contribution in [-0.4, -0.2) is 25.8 Å². The average Bonchev–Trinajstić information content (AvgIpc) is 3.16. The molecule has 0 saturated carbocycles. The Hall–Kier alpha value is -2.65. The van der Waals surface area contributed by atoms with Crippen LogP contribution in [0.2, 0.25) is 0 Å². The summed E-state index contributed by atoms with van der Waals surface area (Å²) in [5.41, 5.74) is 1.12. The summed E-state index contributed by atoms with van der Waals surface area (Å²) in [5, 5.41) is 0. The lowest BCUT2D eigenvalue weighted by Crippen LogP contribution is -2.32. The van der Waals surface area contributed by atoms with Crippen LogP contribution in [-0.2, 0) is 30.1 Å². The van der Waals surface area contributed by atoms with Crippen molar-refractivity contribution in [2.24, 2.45) is 0 Å². The zero-order valence-corrected chi connectivity index (χ0v) is 20.2. The Morgan fingerprint density at radius 2 is 1.38 bits per heavy atom. The predicted octanol–water partition coefficient (Wildman–Crippen LogP) is 6.03. The molecule has 1 aliphatic heterocycles. The third-order valence-electron chi connectivity index (χ3n) is 5.27. The molecule has 1 atom stereocenters. The molecule has 0 aliphatic carbocycles. The van der Waals surface area contributed by atoms with Gasteiger partial charge in [-0.15, -0.1) is 0 Å². The second kappa shape index (κ2) is 13.3. The Labute approximate surface area is 200 Å². The van der Waals surface area contributed by atoms with Crippen molar-refractivity contribution >= 4 is 5.97 Å². The van der Waals surface area contributed by atoms with Gasteiger partial charge >= 0.3 is 11.8 Å². The zero-order chi connectivity index (χ0) is 24.2. The summed E-state index contributed by atoms with van der Waals surface area (Å²) in [4.78, 5) is 46.5. The molecule has 0 saturated heterocycles. The topological polar surface area (TPSA) is 81.7 Å². The minimum absolute atomic E-state index is 0.138. The monoisotopic (exact) mass is 474 g/mol. The summed E-state index contributed by atoms with van der Waals surface area (Å²) in [6, 6.07) is 12.3. The molecule has 3 rings (SSSR count). The van der Waals surface area contributed by atoms with E-state index >= 15 is 0 Å². The van der Waals surface area contributed by atoms with Crippen molar-refractivity contribution in [1.82, 2.24) is 0 Å². The van der Waals surface area contributed by atoms with Crippen molar-refractivity contribution in [3.05, 3.63) is 59.2 Å². The van der Waals surface area contributed by atoms with E-state index in [0.29, 0.717) is 30.9 Å². The van der Waals surface area contributed by atoms with E-state index in [1.165, 1.54) is 0 Å². The van der Waals surface area contributed by atoms with Crippen LogP contribution in [0.15, 0.2) is 42.5 Å². The van der Waals surface area contributed by atoms with E-state index in [2.05, 4.69) is 6.92 Å². The Balaban J connectivity index is 2.05. The van der Waals surface area contributed by atoms with Crippen molar-refractivity contribution < 1.29 is 38.9 Å². The predicted molar refractivity (Wildman–Crippen MR) is 124 cm³/mol. The van der Waals surface area contributed by atoms with Gasteiger partial charge in [-0.2, -0.15) is 14.7 Å². The van der Waals surface area contributed by atoms with E-state index in [9.17, 15) is 4.79 Å². The number of benzene rings is 2. The van der Waals surface area contributed by atoms with Crippen molar-refractivity contribution in [3.63, 3.8) is 0 Å². The van der Waals surface area contributed by atoms with Crippen molar-refractivity contribution in [2.45, 2.75) is 65.1 Å². The van der Waals surface area contributed by atoms with Gasteiger partial charge in [0.15, 0.2) is 0 Å². The van der Waals surface area contributed by atoms with Gasteiger partial charge in [0.1, 0.15) is 0 Å². The van der Waals surface area contributed by atoms with E-state index in [-0.39, 0.29) is 17.1 Å². The maximum atomic E-state index is 13.0. The molecule has 8 heteroatoms. The number of rotatable bonds is 16. The normalized spacial score (nSPS) is 16.9.